The highest BCUT2D eigenvalue weighted by Gasteiger charge is 2.18. The minimum Gasteiger partial charge on any atom is -0.375 e. The van der Waals surface area contributed by atoms with Gasteiger partial charge in [0, 0.05) is 13.3 Å². The molecule has 0 saturated carbocycles. The third-order valence-corrected chi connectivity index (χ3v) is 2.41. The molecule has 1 aromatic carbocycles. The zero-order chi connectivity index (χ0) is 12.8. The van der Waals surface area contributed by atoms with Crippen LogP contribution >= 0.6 is 0 Å². The Morgan fingerprint density at radius 3 is 2.50 bits per heavy atom. The molecular weight excluding hydrogens is 228 g/mol. The topological polar surface area (TPSA) is 42.4 Å². The molecule has 0 aliphatic carbocycles. The first-order valence-corrected chi connectivity index (χ1v) is 5.61. The molecule has 0 fully saturated rings. The van der Waals surface area contributed by atoms with Gasteiger partial charge in [-0.2, -0.15) is 0 Å². The van der Waals surface area contributed by atoms with E-state index in [0.717, 1.165) is 5.69 Å². The molecule has 0 N–H and O–H groups in total. The van der Waals surface area contributed by atoms with Gasteiger partial charge in [-0.3, -0.25) is 9.69 Å². The smallest absolute Gasteiger partial charge is 0.258 e. The molecule has 1 amide bonds. The summed E-state index contributed by atoms with van der Waals surface area (Å²) in [7, 11) is 1.50. The molecule has 4 heteroatoms. The van der Waals surface area contributed by atoms with E-state index in [1.54, 1.807) is 17.2 Å². The second-order valence-electron chi connectivity index (χ2n) is 3.69. The first kappa shape index (κ1) is 12.3. The molecule has 4 nitrogen and oxygen atoms in total. The Kier molecular flexibility index (Phi) is 4.04. The van der Waals surface area contributed by atoms with Gasteiger partial charge in [0.15, 0.2) is 0 Å². The summed E-state index contributed by atoms with van der Waals surface area (Å²) in [6, 6.07) is 14.8. The van der Waals surface area contributed by atoms with E-state index in [-0.39, 0.29) is 12.5 Å². The standard InChI is InChI=1S/C14H14N2O2/c1-18-11-14(17)16(12-7-3-2-4-8-12)13-9-5-6-10-15-13/h2-10H,11H2,1H3. The van der Waals surface area contributed by atoms with E-state index in [4.69, 9.17) is 4.74 Å². The van der Waals surface area contributed by atoms with Crippen LogP contribution in [0, 0.1) is 0 Å². The van der Waals surface area contributed by atoms with Crippen molar-refractivity contribution in [3.8, 4) is 0 Å². The van der Waals surface area contributed by atoms with Crippen molar-refractivity contribution in [2.24, 2.45) is 0 Å². The lowest BCUT2D eigenvalue weighted by molar-refractivity contribution is -0.121. The molecule has 0 saturated heterocycles. The van der Waals surface area contributed by atoms with Crippen LogP contribution in [-0.4, -0.2) is 24.6 Å². The van der Waals surface area contributed by atoms with Gasteiger partial charge < -0.3 is 4.74 Å². The summed E-state index contributed by atoms with van der Waals surface area (Å²) < 4.78 is 4.91. The number of rotatable bonds is 4. The number of pyridine rings is 1. The van der Waals surface area contributed by atoms with Crippen LogP contribution in [0.15, 0.2) is 54.7 Å². The molecule has 0 aliphatic heterocycles. The highest BCUT2D eigenvalue weighted by Crippen LogP contribution is 2.22. The number of carbonyl (C=O) groups is 1. The number of benzene rings is 1. The average Bonchev–Trinajstić information content (AvgIpc) is 2.42. The highest BCUT2D eigenvalue weighted by molar-refractivity contribution is 6.00. The molecule has 0 radical (unpaired) electrons. The largest absolute Gasteiger partial charge is 0.375 e. The van der Waals surface area contributed by atoms with Crippen molar-refractivity contribution in [2.75, 3.05) is 18.6 Å². The Bertz CT molecular complexity index is 460. The minimum absolute atomic E-state index is 0.0193. The van der Waals surface area contributed by atoms with Crippen LogP contribution in [0.25, 0.3) is 0 Å². The van der Waals surface area contributed by atoms with Crippen molar-refractivity contribution >= 4 is 17.4 Å². The summed E-state index contributed by atoms with van der Waals surface area (Å²) in [6.45, 7) is 0.0193. The SMILES string of the molecule is COCC(=O)N(c1ccccc1)c1ccccn1. The maximum Gasteiger partial charge on any atom is 0.258 e. The molecular formula is C14H14N2O2. The Balaban J connectivity index is 2.38. The number of hydrogen-bond donors (Lipinski definition) is 0. The summed E-state index contributed by atoms with van der Waals surface area (Å²) in [4.78, 5) is 17.9. The molecule has 92 valence electrons. The van der Waals surface area contributed by atoms with E-state index in [9.17, 15) is 4.79 Å². The Labute approximate surface area is 106 Å². The third kappa shape index (κ3) is 2.73. The molecule has 0 unspecified atom stereocenters. The van der Waals surface area contributed by atoms with Gasteiger partial charge in [0.05, 0.1) is 5.69 Å². The number of anilines is 2. The molecule has 0 spiro atoms. The first-order valence-electron chi connectivity index (χ1n) is 5.61. The monoisotopic (exact) mass is 242 g/mol. The number of amides is 1. The van der Waals surface area contributed by atoms with Crippen LogP contribution in [0.1, 0.15) is 0 Å². The Morgan fingerprint density at radius 1 is 1.17 bits per heavy atom. The quantitative estimate of drug-likeness (QED) is 0.826. The number of para-hydroxylation sites is 1. The summed E-state index contributed by atoms with van der Waals surface area (Å²) >= 11 is 0. The zero-order valence-electron chi connectivity index (χ0n) is 10.1. The Morgan fingerprint density at radius 2 is 1.89 bits per heavy atom. The van der Waals surface area contributed by atoms with Gasteiger partial charge in [0.25, 0.3) is 5.91 Å². The maximum atomic E-state index is 12.1. The van der Waals surface area contributed by atoms with Gasteiger partial charge in [-0.15, -0.1) is 0 Å². The summed E-state index contributed by atoms with van der Waals surface area (Å²) in [5, 5.41) is 0. The average molecular weight is 242 g/mol. The fraction of sp³-hybridized carbons (Fsp3) is 0.143. The van der Waals surface area contributed by atoms with Crippen molar-refractivity contribution in [1.29, 1.82) is 0 Å². The van der Waals surface area contributed by atoms with Crippen molar-refractivity contribution in [2.45, 2.75) is 0 Å². The summed E-state index contributed by atoms with van der Waals surface area (Å²) in [5.74, 6) is 0.438. The number of carbonyl (C=O) groups excluding carboxylic acids is 1. The molecule has 1 heterocycles. The number of aromatic nitrogens is 1. The van der Waals surface area contributed by atoms with Crippen molar-refractivity contribution < 1.29 is 9.53 Å². The van der Waals surface area contributed by atoms with Gasteiger partial charge in [0.1, 0.15) is 12.4 Å². The van der Waals surface area contributed by atoms with Crippen molar-refractivity contribution in [3.63, 3.8) is 0 Å². The number of ether oxygens (including phenoxy) is 1. The number of nitrogens with zero attached hydrogens (tertiary/aromatic N) is 2. The summed E-state index contributed by atoms with van der Waals surface area (Å²) in [6.07, 6.45) is 1.66. The lowest BCUT2D eigenvalue weighted by Gasteiger charge is -2.21. The third-order valence-electron chi connectivity index (χ3n) is 2.41. The highest BCUT2D eigenvalue weighted by atomic mass is 16.5. The van der Waals surface area contributed by atoms with E-state index >= 15 is 0 Å². The molecule has 0 bridgehead atoms. The predicted octanol–water partition coefficient (Wildman–Crippen LogP) is 2.39. The van der Waals surface area contributed by atoms with Crippen LogP contribution < -0.4 is 4.90 Å². The molecule has 2 rings (SSSR count). The second-order valence-corrected chi connectivity index (χ2v) is 3.69. The number of hydrogen-bond acceptors (Lipinski definition) is 3. The van der Waals surface area contributed by atoms with E-state index in [1.165, 1.54) is 7.11 Å². The van der Waals surface area contributed by atoms with E-state index < -0.39 is 0 Å². The number of methoxy groups -OCH3 is 1. The van der Waals surface area contributed by atoms with Crippen molar-refractivity contribution in [3.05, 3.63) is 54.7 Å². The molecule has 18 heavy (non-hydrogen) atoms. The second kappa shape index (κ2) is 5.93. The molecule has 2 aromatic rings. The van der Waals surface area contributed by atoms with Gasteiger partial charge >= 0.3 is 0 Å². The molecule has 0 aliphatic rings. The fourth-order valence-corrected chi connectivity index (χ4v) is 1.66. The van der Waals surface area contributed by atoms with Gasteiger partial charge in [0.2, 0.25) is 0 Å². The van der Waals surface area contributed by atoms with Crippen molar-refractivity contribution in [1.82, 2.24) is 4.98 Å². The van der Waals surface area contributed by atoms with Crippen LogP contribution in [-0.2, 0) is 9.53 Å². The maximum absolute atomic E-state index is 12.1. The zero-order valence-corrected chi connectivity index (χ0v) is 10.1. The van der Waals surface area contributed by atoms with Gasteiger partial charge in [-0.1, -0.05) is 24.3 Å². The van der Waals surface area contributed by atoms with E-state index in [0.29, 0.717) is 5.82 Å². The lowest BCUT2D eigenvalue weighted by Crippen LogP contribution is -2.29. The van der Waals surface area contributed by atoms with Gasteiger partial charge in [-0.25, -0.2) is 4.98 Å². The summed E-state index contributed by atoms with van der Waals surface area (Å²) in [5.41, 5.74) is 0.776. The van der Waals surface area contributed by atoms with Gasteiger partial charge in [-0.05, 0) is 24.3 Å². The van der Waals surface area contributed by atoms with Crippen LogP contribution in [0.3, 0.4) is 0 Å². The molecule has 0 atom stereocenters. The van der Waals surface area contributed by atoms with E-state index in [1.807, 2.05) is 42.5 Å². The minimum atomic E-state index is -0.151. The van der Waals surface area contributed by atoms with Crippen LogP contribution in [0.5, 0.6) is 0 Å². The normalized spacial score (nSPS) is 10.1. The fourth-order valence-electron chi connectivity index (χ4n) is 1.66. The molecule has 1 aromatic heterocycles. The van der Waals surface area contributed by atoms with Crippen LogP contribution in [0.4, 0.5) is 11.5 Å². The van der Waals surface area contributed by atoms with E-state index in [2.05, 4.69) is 4.98 Å². The Hall–Kier alpha value is -2.20. The first-order chi connectivity index (χ1) is 8.83. The predicted molar refractivity (Wildman–Crippen MR) is 69.7 cm³/mol. The lowest BCUT2D eigenvalue weighted by atomic mass is 10.2. The van der Waals surface area contributed by atoms with Crippen LogP contribution in [0.2, 0.25) is 0 Å².